The van der Waals surface area contributed by atoms with Crippen molar-refractivity contribution < 1.29 is 13.2 Å². The first-order valence-electron chi connectivity index (χ1n) is 7.27. The van der Waals surface area contributed by atoms with Gasteiger partial charge in [-0.05, 0) is 37.1 Å². The Morgan fingerprint density at radius 2 is 2.36 bits per heavy atom. The Labute approximate surface area is 133 Å². The maximum atomic E-state index is 12.3. The van der Waals surface area contributed by atoms with Gasteiger partial charge < -0.3 is 4.74 Å². The molecule has 2 heterocycles. The predicted octanol–water partition coefficient (Wildman–Crippen LogP) is 2.70. The monoisotopic (exact) mass is 341 g/mol. The van der Waals surface area contributed by atoms with Gasteiger partial charge in [0.2, 0.25) is 10.0 Å². The molecule has 22 heavy (non-hydrogen) atoms. The topological polar surface area (TPSA) is 84.1 Å². The van der Waals surface area contributed by atoms with Crippen molar-refractivity contribution in [3.05, 3.63) is 22.9 Å². The van der Waals surface area contributed by atoms with Gasteiger partial charge in [0, 0.05) is 23.6 Å². The lowest BCUT2D eigenvalue weighted by atomic mass is 10.2. The van der Waals surface area contributed by atoms with Gasteiger partial charge in [-0.3, -0.25) is 9.82 Å². The number of aromatic nitrogens is 2. The van der Waals surface area contributed by atoms with E-state index in [2.05, 4.69) is 14.9 Å². The van der Waals surface area contributed by atoms with Gasteiger partial charge in [-0.15, -0.1) is 0 Å². The summed E-state index contributed by atoms with van der Waals surface area (Å²) in [4.78, 5) is 0. The largest absolute Gasteiger partial charge is 0.377 e. The van der Waals surface area contributed by atoms with Crippen LogP contribution in [0, 0.1) is 5.92 Å². The number of nitrogens with zero attached hydrogens (tertiary/aromatic N) is 1. The van der Waals surface area contributed by atoms with Crippen LogP contribution in [0.1, 0.15) is 19.8 Å². The van der Waals surface area contributed by atoms with Crippen molar-refractivity contribution in [2.75, 3.05) is 17.1 Å². The molecule has 1 saturated carbocycles. The Bertz CT molecular complexity index is 706. The number of sulfonamides is 1. The van der Waals surface area contributed by atoms with E-state index in [9.17, 15) is 8.42 Å². The lowest BCUT2D eigenvalue weighted by Gasteiger charge is -2.16. The highest BCUT2D eigenvalue weighted by atomic mass is 32.2. The molecule has 2 aromatic heterocycles. The third kappa shape index (κ3) is 3.88. The fraction of sp³-hybridized carbons (Fsp3) is 0.500. The molecule has 2 aromatic rings. The van der Waals surface area contributed by atoms with Crippen molar-refractivity contribution >= 4 is 27.2 Å². The quantitative estimate of drug-likeness (QED) is 0.773. The SMILES string of the molecule is CCOC(CS(=O)(=O)Nc1cc(-c2ccsc2)[nH]n1)C1CC1. The van der Waals surface area contributed by atoms with Crippen LogP contribution in [0.5, 0.6) is 0 Å². The number of ether oxygens (including phenoxy) is 1. The number of rotatable bonds is 8. The molecule has 0 radical (unpaired) electrons. The van der Waals surface area contributed by atoms with Crippen LogP contribution in [0.15, 0.2) is 22.9 Å². The van der Waals surface area contributed by atoms with Crippen LogP contribution in [-0.4, -0.2) is 37.1 Å². The highest BCUT2D eigenvalue weighted by molar-refractivity contribution is 7.92. The normalized spacial score (nSPS) is 16.6. The predicted molar refractivity (Wildman–Crippen MR) is 87.4 cm³/mol. The molecule has 0 spiro atoms. The second-order valence-corrected chi connectivity index (χ2v) is 7.94. The first kappa shape index (κ1) is 15.5. The zero-order valence-electron chi connectivity index (χ0n) is 12.3. The standard InChI is InChI=1S/C14H19N3O3S2/c1-2-20-13(10-3-4-10)9-22(18,19)17-14-7-12(15-16-14)11-5-6-21-8-11/h5-8,10,13H,2-4,9H2,1H3,(H2,15,16,17). The van der Waals surface area contributed by atoms with Gasteiger partial charge in [0.25, 0.3) is 0 Å². The number of hydrogen-bond acceptors (Lipinski definition) is 5. The summed E-state index contributed by atoms with van der Waals surface area (Å²) in [5.74, 6) is 0.663. The molecule has 1 aliphatic carbocycles. The molecule has 1 atom stereocenters. The molecule has 1 unspecified atom stereocenters. The van der Waals surface area contributed by atoms with Crippen molar-refractivity contribution in [1.82, 2.24) is 10.2 Å². The van der Waals surface area contributed by atoms with Crippen LogP contribution < -0.4 is 4.72 Å². The zero-order valence-corrected chi connectivity index (χ0v) is 13.9. The smallest absolute Gasteiger partial charge is 0.236 e. The summed E-state index contributed by atoms with van der Waals surface area (Å²) in [7, 11) is -3.47. The van der Waals surface area contributed by atoms with Gasteiger partial charge in [-0.2, -0.15) is 16.4 Å². The van der Waals surface area contributed by atoms with Crippen LogP contribution in [-0.2, 0) is 14.8 Å². The molecule has 3 rings (SSSR count). The molecule has 1 aliphatic rings. The molecule has 0 saturated heterocycles. The molecule has 0 aromatic carbocycles. The van der Waals surface area contributed by atoms with Crippen molar-refractivity contribution in [2.45, 2.75) is 25.9 Å². The average molecular weight is 341 g/mol. The van der Waals surface area contributed by atoms with Gasteiger partial charge in [-0.25, -0.2) is 8.42 Å². The van der Waals surface area contributed by atoms with E-state index >= 15 is 0 Å². The number of hydrogen-bond donors (Lipinski definition) is 2. The Morgan fingerprint density at radius 1 is 1.55 bits per heavy atom. The second kappa shape index (κ2) is 6.39. The summed E-state index contributed by atoms with van der Waals surface area (Å²) in [6.07, 6.45) is 1.87. The molecule has 0 bridgehead atoms. The summed E-state index contributed by atoms with van der Waals surface area (Å²) in [6.45, 7) is 2.41. The van der Waals surface area contributed by atoms with Crippen molar-refractivity contribution in [1.29, 1.82) is 0 Å². The van der Waals surface area contributed by atoms with E-state index in [4.69, 9.17) is 4.74 Å². The van der Waals surface area contributed by atoms with E-state index in [1.807, 2.05) is 23.8 Å². The van der Waals surface area contributed by atoms with Crippen LogP contribution in [0.2, 0.25) is 0 Å². The average Bonchev–Trinajstić information content (AvgIpc) is 2.97. The van der Waals surface area contributed by atoms with Crippen LogP contribution in [0.4, 0.5) is 5.82 Å². The van der Waals surface area contributed by atoms with E-state index in [0.717, 1.165) is 24.1 Å². The number of nitrogens with one attached hydrogen (secondary N) is 2. The number of thiophene rings is 1. The molecular weight excluding hydrogens is 322 g/mol. The van der Waals surface area contributed by atoms with Crippen LogP contribution in [0.3, 0.4) is 0 Å². The lowest BCUT2D eigenvalue weighted by Crippen LogP contribution is -2.30. The van der Waals surface area contributed by atoms with Crippen molar-refractivity contribution in [3.63, 3.8) is 0 Å². The van der Waals surface area contributed by atoms with Crippen molar-refractivity contribution in [3.8, 4) is 11.3 Å². The van der Waals surface area contributed by atoms with E-state index in [-0.39, 0.29) is 11.9 Å². The zero-order chi connectivity index (χ0) is 15.6. The van der Waals surface area contributed by atoms with Crippen LogP contribution in [0.25, 0.3) is 11.3 Å². The molecule has 120 valence electrons. The Balaban J connectivity index is 1.66. The first-order valence-corrected chi connectivity index (χ1v) is 9.87. The third-order valence-corrected chi connectivity index (χ3v) is 5.55. The number of anilines is 1. The molecule has 0 aliphatic heterocycles. The van der Waals surface area contributed by atoms with E-state index < -0.39 is 10.0 Å². The molecule has 6 nitrogen and oxygen atoms in total. The van der Waals surface area contributed by atoms with Gasteiger partial charge >= 0.3 is 0 Å². The van der Waals surface area contributed by atoms with Crippen LogP contribution >= 0.6 is 11.3 Å². The molecule has 8 heteroatoms. The first-order chi connectivity index (χ1) is 10.6. The molecule has 0 amide bonds. The minimum absolute atomic E-state index is 0.0217. The fourth-order valence-electron chi connectivity index (χ4n) is 2.36. The lowest BCUT2D eigenvalue weighted by molar-refractivity contribution is 0.0632. The summed E-state index contributed by atoms with van der Waals surface area (Å²) in [5.41, 5.74) is 1.79. The maximum Gasteiger partial charge on any atom is 0.236 e. The number of aromatic amines is 1. The summed E-state index contributed by atoms with van der Waals surface area (Å²) in [5, 5.41) is 10.8. The molecule has 2 N–H and O–H groups in total. The molecular formula is C14H19N3O3S2. The minimum atomic E-state index is -3.47. The minimum Gasteiger partial charge on any atom is -0.377 e. The Morgan fingerprint density at radius 3 is 3.00 bits per heavy atom. The maximum absolute atomic E-state index is 12.3. The second-order valence-electron chi connectivity index (χ2n) is 5.39. The van der Waals surface area contributed by atoms with E-state index in [0.29, 0.717) is 18.3 Å². The van der Waals surface area contributed by atoms with Gasteiger partial charge in [-0.1, -0.05) is 0 Å². The summed E-state index contributed by atoms with van der Waals surface area (Å²) >= 11 is 1.58. The van der Waals surface area contributed by atoms with E-state index in [1.165, 1.54) is 0 Å². The Hall–Kier alpha value is -1.38. The van der Waals surface area contributed by atoms with Gasteiger partial charge in [0.15, 0.2) is 5.82 Å². The van der Waals surface area contributed by atoms with Gasteiger partial charge in [0.05, 0.1) is 17.6 Å². The fourth-order valence-corrected chi connectivity index (χ4v) is 4.32. The molecule has 1 fully saturated rings. The highest BCUT2D eigenvalue weighted by Crippen LogP contribution is 2.35. The third-order valence-electron chi connectivity index (χ3n) is 3.58. The Kier molecular flexibility index (Phi) is 4.51. The summed E-state index contributed by atoms with van der Waals surface area (Å²) < 4.78 is 32.6. The number of H-pyrrole nitrogens is 1. The summed E-state index contributed by atoms with van der Waals surface area (Å²) in [6, 6.07) is 3.65. The van der Waals surface area contributed by atoms with E-state index in [1.54, 1.807) is 17.4 Å². The van der Waals surface area contributed by atoms with Gasteiger partial charge in [0.1, 0.15) is 0 Å². The highest BCUT2D eigenvalue weighted by Gasteiger charge is 2.35. The van der Waals surface area contributed by atoms with Crippen molar-refractivity contribution in [2.24, 2.45) is 5.92 Å².